The lowest BCUT2D eigenvalue weighted by molar-refractivity contribution is 0.660. The van der Waals surface area contributed by atoms with Crippen LogP contribution in [0, 0.1) is 11.3 Å². The maximum absolute atomic E-state index is 9.73. The maximum Gasteiger partial charge on any atom is 0.160 e. The molecule has 0 aliphatic heterocycles. The van der Waals surface area contributed by atoms with Gasteiger partial charge in [-0.3, -0.25) is 4.98 Å². The summed E-state index contributed by atoms with van der Waals surface area (Å²) < 4.78 is 0. The van der Waals surface area contributed by atoms with Gasteiger partial charge >= 0.3 is 0 Å². The summed E-state index contributed by atoms with van der Waals surface area (Å²) in [6.07, 6.45) is 3.73. The molecule has 0 atom stereocenters. The molecule has 0 fully saturated rings. The first-order valence-corrected chi connectivity index (χ1v) is 19.2. The first-order chi connectivity index (χ1) is 27.9. The highest BCUT2D eigenvalue weighted by atomic mass is 14.9. The van der Waals surface area contributed by atoms with Gasteiger partial charge in [0.2, 0.25) is 0 Å². The van der Waals surface area contributed by atoms with Gasteiger partial charge in [0.15, 0.2) is 5.82 Å². The van der Waals surface area contributed by atoms with Crippen LogP contribution >= 0.6 is 0 Å². The minimum Gasteiger partial charge on any atom is -0.264 e. The van der Waals surface area contributed by atoms with E-state index in [9.17, 15) is 5.26 Å². The Labute approximate surface area is 332 Å². The Hall–Kier alpha value is -7.48. The fourth-order valence-corrected chi connectivity index (χ4v) is 8.47. The molecule has 9 aromatic rings. The van der Waals surface area contributed by atoms with Crippen molar-refractivity contribution in [2.24, 2.45) is 0 Å². The number of hydrogen-bond acceptors (Lipinski definition) is 4. The average molecular weight is 729 g/mol. The molecule has 2 heterocycles. The first kappa shape index (κ1) is 34.0. The van der Waals surface area contributed by atoms with Crippen molar-refractivity contribution in [2.75, 3.05) is 0 Å². The SMILES string of the molecule is CC1(C)c2cc(C#N)ccc2-c2c1ccc1c(-c3cc(-c4cccnc4)cc(-c4cc(-c5ccc(-c6ccccc6)cc5)nc(-c5ccccc5)n4)c3)cccc21. The number of pyridine rings is 1. The lowest BCUT2D eigenvalue weighted by atomic mass is 9.81. The van der Waals surface area contributed by atoms with Crippen molar-refractivity contribution < 1.29 is 0 Å². The molecule has 0 spiro atoms. The van der Waals surface area contributed by atoms with E-state index >= 15 is 0 Å². The quantitative estimate of drug-likeness (QED) is 0.171. The predicted molar refractivity (Wildman–Crippen MR) is 232 cm³/mol. The van der Waals surface area contributed by atoms with Crippen LogP contribution in [-0.2, 0) is 5.41 Å². The molecule has 7 aromatic carbocycles. The molecule has 4 heteroatoms. The molecule has 1 aliphatic carbocycles. The van der Waals surface area contributed by atoms with E-state index in [0.717, 1.165) is 55.9 Å². The summed E-state index contributed by atoms with van der Waals surface area (Å²) in [7, 11) is 0. The van der Waals surface area contributed by atoms with Crippen LogP contribution in [0.25, 0.3) is 89.2 Å². The molecular formula is C53H36N4. The molecule has 0 unspecified atom stereocenters. The Balaban J connectivity index is 1.17. The fourth-order valence-electron chi connectivity index (χ4n) is 8.47. The Kier molecular flexibility index (Phi) is 8.17. The molecule has 0 saturated carbocycles. The second-order valence-corrected chi connectivity index (χ2v) is 15.2. The third-order valence-corrected chi connectivity index (χ3v) is 11.4. The van der Waals surface area contributed by atoms with Gasteiger partial charge in [-0.1, -0.05) is 141 Å². The van der Waals surface area contributed by atoms with Crippen LogP contribution < -0.4 is 0 Å². The highest BCUT2D eigenvalue weighted by molar-refractivity contribution is 6.08. The van der Waals surface area contributed by atoms with Gasteiger partial charge in [0.1, 0.15) is 0 Å². The molecular weight excluding hydrogens is 693 g/mol. The van der Waals surface area contributed by atoms with Crippen LogP contribution in [0.3, 0.4) is 0 Å². The van der Waals surface area contributed by atoms with E-state index in [4.69, 9.17) is 9.97 Å². The molecule has 0 saturated heterocycles. The zero-order chi connectivity index (χ0) is 38.5. The topological polar surface area (TPSA) is 62.5 Å². The third kappa shape index (κ3) is 5.98. The van der Waals surface area contributed by atoms with Gasteiger partial charge in [0.05, 0.1) is 23.0 Å². The molecule has 10 rings (SSSR count). The van der Waals surface area contributed by atoms with Crippen molar-refractivity contribution in [1.82, 2.24) is 15.0 Å². The summed E-state index contributed by atoms with van der Waals surface area (Å²) in [5, 5.41) is 12.1. The number of rotatable bonds is 6. The van der Waals surface area contributed by atoms with Gasteiger partial charge < -0.3 is 0 Å². The zero-order valence-electron chi connectivity index (χ0n) is 31.6. The first-order valence-electron chi connectivity index (χ1n) is 19.2. The number of fused-ring (bicyclic) bond motifs is 5. The Morgan fingerprint density at radius 2 is 1.12 bits per heavy atom. The van der Waals surface area contributed by atoms with Gasteiger partial charge in [0, 0.05) is 40.1 Å². The molecule has 57 heavy (non-hydrogen) atoms. The van der Waals surface area contributed by atoms with Gasteiger partial charge in [-0.25, -0.2) is 9.97 Å². The summed E-state index contributed by atoms with van der Waals surface area (Å²) in [5.74, 6) is 0.671. The normalized spacial score (nSPS) is 12.5. The molecule has 4 nitrogen and oxygen atoms in total. The molecule has 268 valence electrons. The Bertz CT molecular complexity index is 3020. The largest absolute Gasteiger partial charge is 0.264 e. The highest BCUT2D eigenvalue weighted by Crippen LogP contribution is 2.52. The second-order valence-electron chi connectivity index (χ2n) is 15.2. The Morgan fingerprint density at radius 1 is 0.456 bits per heavy atom. The Morgan fingerprint density at radius 3 is 1.86 bits per heavy atom. The lowest BCUT2D eigenvalue weighted by Gasteiger charge is -2.22. The summed E-state index contributed by atoms with van der Waals surface area (Å²) >= 11 is 0. The van der Waals surface area contributed by atoms with Crippen molar-refractivity contribution in [3.8, 4) is 84.5 Å². The predicted octanol–water partition coefficient (Wildman–Crippen LogP) is 13.2. The average Bonchev–Trinajstić information content (AvgIpc) is 3.52. The standard InChI is InChI=1S/C53H36N4/c1-53(2)47-25-24-44-43(16-9-17-45(44)51(47)46-23-18-34(32-54)27-48(46)53)41-28-40(39-15-10-26-55-33-39)29-42(30-41)50-31-49(56-52(57-50)38-13-7-4-8-14-38)37-21-19-36(20-22-37)35-11-5-3-6-12-35/h3-31,33H,1-2H3. The van der Waals surface area contributed by atoms with E-state index in [1.165, 1.54) is 38.6 Å². The second kappa shape index (κ2) is 13.7. The molecule has 2 aromatic heterocycles. The molecule has 0 amide bonds. The zero-order valence-corrected chi connectivity index (χ0v) is 31.6. The van der Waals surface area contributed by atoms with Crippen LogP contribution in [-0.4, -0.2) is 15.0 Å². The van der Waals surface area contributed by atoms with Gasteiger partial charge in [0.25, 0.3) is 0 Å². The molecule has 0 N–H and O–H groups in total. The van der Waals surface area contributed by atoms with Crippen molar-refractivity contribution in [3.63, 3.8) is 0 Å². The minimum atomic E-state index is -0.224. The van der Waals surface area contributed by atoms with E-state index in [2.05, 4.69) is 158 Å². The maximum atomic E-state index is 9.73. The fraction of sp³-hybridized carbons (Fsp3) is 0.0566. The van der Waals surface area contributed by atoms with Crippen molar-refractivity contribution >= 4 is 10.8 Å². The monoisotopic (exact) mass is 728 g/mol. The van der Waals surface area contributed by atoms with E-state index in [-0.39, 0.29) is 5.41 Å². The summed E-state index contributed by atoms with van der Waals surface area (Å²) in [5.41, 5.74) is 16.7. The van der Waals surface area contributed by atoms with E-state index in [1.54, 1.807) is 0 Å². The third-order valence-electron chi connectivity index (χ3n) is 11.4. The summed E-state index contributed by atoms with van der Waals surface area (Å²) in [6.45, 7) is 4.52. The molecule has 0 bridgehead atoms. The number of nitrogens with zero attached hydrogens (tertiary/aromatic N) is 4. The smallest absolute Gasteiger partial charge is 0.160 e. The van der Waals surface area contributed by atoms with E-state index < -0.39 is 0 Å². The van der Waals surface area contributed by atoms with Crippen molar-refractivity contribution in [1.29, 1.82) is 5.26 Å². The summed E-state index contributed by atoms with van der Waals surface area (Å²) in [6, 6.07) is 61.8. The summed E-state index contributed by atoms with van der Waals surface area (Å²) in [4.78, 5) is 14.9. The van der Waals surface area contributed by atoms with Crippen LogP contribution in [0.1, 0.15) is 30.5 Å². The molecule has 0 radical (unpaired) electrons. The van der Waals surface area contributed by atoms with Gasteiger partial charge in [-0.15, -0.1) is 0 Å². The van der Waals surface area contributed by atoms with E-state index in [0.29, 0.717) is 11.4 Å². The number of aromatic nitrogens is 3. The highest BCUT2D eigenvalue weighted by Gasteiger charge is 2.36. The van der Waals surface area contributed by atoms with E-state index in [1.807, 2.05) is 48.8 Å². The van der Waals surface area contributed by atoms with Crippen LogP contribution in [0.15, 0.2) is 182 Å². The molecule has 1 aliphatic rings. The van der Waals surface area contributed by atoms with Crippen LogP contribution in [0.5, 0.6) is 0 Å². The number of hydrogen-bond donors (Lipinski definition) is 0. The number of benzene rings is 7. The van der Waals surface area contributed by atoms with Crippen LogP contribution in [0.4, 0.5) is 0 Å². The number of nitriles is 1. The van der Waals surface area contributed by atoms with Crippen molar-refractivity contribution in [3.05, 3.63) is 199 Å². The minimum absolute atomic E-state index is 0.224. The van der Waals surface area contributed by atoms with Crippen LogP contribution in [0.2, 0.25) is 0 Å². The van der Waals surface area contributed by atoms with Gasteiger partial charge in [-0.05, 0) is 103 Å². The van der Waals surface area contributed by atoms with Gasteiger partial charge in [-0.2, -0.15) is 5.26 Å². The lowest BCUT2D eigenvalue weighted by Crippen LogP contribution is -2.15. The van der Waals surface area contributed by atoms with Crippen molar-refractivity contribution in [2.45, 2.75) is 19.3 Å².